The minimum Gasteiger partial charge on any atom is -0.370 e. The van der Waals surface area contributed by atoms with Gasteiger partial charge in [0.15, 0.2) is 0 Å². The Balaban J connectivity index is 2.29. The van der Waals surface area contributed by atoms with E-state index in [0.29, 0.717) is 23.8 Å². The highest BCUT2D eigenvalue weighted by molar-refractivity contribution is 5.99. The van der Waals surface area contributed by atoms with Gasteiger partial charge in [-0.3, -0.25) is 4.79 Å². The Kier molecular flexibility index (Phi) is 4.02. The average molecular weight is 265 g/mol. The van der Waals surface area contributed by atoms with Crippen molar-refractivity contribution in [2.45, 2.75) is 33.2 Å². The molecule has 5 heteroatoms. The van der Waals surface area contributed by atoms with E-state index in [-0.39, 0.29) is 11.9 Å². The summed E-state index contributed by atoms with van der Waals surface area (Å²) in [6, 6.07) is 1.46. The number of halogens is 1. The molecule has 1 amide bonds. The number of hydrogen-bond acceptors (Lipinski definition) is 3. The first-order valence-electron chi connectivity index (χ1n) is 6.73. The molecule has 19 heavy (non-hydrogen) atoms. The van der Waals surface area contributed by atoms with Gasteiger partial charge in [0.1, 0.15) is 11.6 Å². The molecule has 1 aromatic heterocycles. The van der Waals surface area contributed by atoms with E-state index in [1.54, 1.807) is 0 Å². The monoisotopic (exact) mass is 265 g/mol. The van der Waals surface area contributed by atoms with Crippen LogP contribution in [0.1, 0.15) is 37.6 Å². The van der Waals surface area contributed by atoms with Gasteiger partial charge in [-0.1, -0.05) is 6.92 Å². The summed E-state index contributed by atoms with van der Waals surface area (Å²) >= 11 is 0. The fourth-order valence-electron chi connectivity index (χ4n) is 2.65. The Morgan fingerprint density at radius 2 is 2.32 bits per heavy atom. The second kappa shape index (κ2) is 5.55. The van der Waals surface area contributed by atoms with E-state index in [4.69, 9.17) is 0 Å². The van der Waals surface area contributed by atoms with Gasteiger partial charge in [0.05, 0.1) is 11.8 Å². The van der Waals surface area contributed by atoms with E-state index in [2.05, 4.69) is 17.2 Å². The van der Waals surface area contributed by atoms with Crippen molar-refractivity contribution in [2.75, 3.05) is 18.4 Å². The summed E-state index contributed by atoms with van der Waals surface area (Å²) < 4.78 is 13.3. The number of aromatic nitrogens is 1. The summed E-state index contributed by atoms with van der Waals surface area (Å²) in [6.45, 7) is 7.44. The van der Waals surface area contributed by atoms with Crippen LogP contribution in [0.3, 0.4) is 0 Å². The lowest BCUT2D eigenvalue weighted by Crippen LogP contribution is -2.34. The molecule has 2 rings (SSSR count). The lowest BCUT2D eigenvalue weighted by atomic mass is 10.1. The second-order valence-electron chi connectivity index (χ2n) is 5.23. The van der Waals surface area contributed by atoms with Crippen LogP contribution in [-0.4, -0.2) is 34.9 Å². The molecule has 1 aliphatic heterocycles. The molecule has 1 aromatic rings. The van der Waals surface area contributed by atoms with Gasteiger partial charge in [-0.25, -0.2) is 9.37 Å². The Morgan fingerprint density at radius 1 is 1.58 bits per heavy atom. The largest absolute Gasteiger partial charge is 0.370 e. The number of carbonyl (C=O) groups is 1. The molecule has 104 valence electrons. The number of likely N-dealkylation sites (tertiary alicyclic amines) is 1. The molecule has 0 aromatic carbocycles. The van der Waals surface area contributed by atoms with Crippen LogP contribution in [0.4, 0.5) is 10.2 Å². The van der Waals surface area contributed by atoms with Gasteiger partial charge in [-0.15, -0.1) is 0 Å². The summed E-state index contributed by atoms with van der Waals surface area (Å²) in [7, 11) is 0. The van der Waals surface area contributed by atoms with Crippen LogP contribution in [0.25, 0.3) is 0 Å². The van der Waals surface area contributed by atoms with Gasteiger partial charge in [-0.2, -0.15) is 0 Å². The molecule has 1 fully saturated rings. The maximum Gasteiger partial charge on any atom is 0.257 e. The predicted octanol–water partition coefficient (Wildman–Crippen LogP) is 2.52. The van der Waals surface area contributed by atoms with E-state index < -0.39 is 5.82 Å². The number of amides is 1. The zero-order valence-electron chi connectivity index (χ0n) is 11.6. The van der Waals surface area contributed by atoms with Gasteiger partial charge < -0.3 is 10.2 Å². The summed E-state index contributed by atoms with van der Waals surface area (Å²) in [5.41, 5.74) is 0.322. The number of carbonyl (C=O) groups excluding carboxylic acids is 1. The van der Waals surface area contributed by atoms with Gasteiger partial charge in [-0.05, 0) is 32.3 Å². The number of anilines is 1. The molecule has 2 heterocycles. The van der Waals surface area contributed by atoms with Crippen molar-refractivity contribution in [3.63, 3.8) is 0 Å². The van der Waals surface area contributed by atoms with Crippen LogP contribution < -0.4 is 5.32 Å². The van der Waals surface area contributed by atoms with Crippen LogP contribution in [0.2, 0.25) is 0 Å². The molecule has 2 atom stereocenters. The Morgan fingerprint density at radius 3 is 2.89 bits per heavy atom. The van der Waals surface area contributed by atoms with E-state index in [1.165, 1.54) is 6.07 Å². The molecule has 0 saturated carbocycles. The Labute approximate surface area is 113 Å². The van der Waals surface area contributed by atoms with Crippen LogP contribution in [0.5, 0.6) is 0 Å². The minimum atomic E-state index is -0.482. The molecule has 0 spiro atoms. The molecule has 1 aliphatic rings. The third kappa shape index (κ3) is 2.85. The predicted molar refractivity (Wildman–Crippen MR) is 72.6 cm³/mol. The van der Waals surface area contributed by atoms with Crippen molar-refractivity contribution in [3.8, 4) is 0 Å². The van der Waals surface area contributed by atoms with Gasteiger partial charge in [0.2, 0.25) is 0 Å². The standard InChI is InChI=1S/C14H20FN3O/c1-4-16-13-12(6-11(15)7-17-13)14(19)18-8-9(2)5-10(18)3/h6-7,9-10H,4-5,8H2,1-3H3,(H,16,17). The number of rotatable bonds is 3. The van der Waals surface area contributed by atoms with E-state index in [0.717, 1.165) is 19.2 Å². The third-order valence-electron chi connectivity index (χ3n) is 3.47. The average Bonchev–Trinajstić information content (AvgIpc) is 2.70. The number of pyridine rings is 1. The molecule has 0 radical (unpaired) electrons. The van der Waals surface area contributed by atoms with Crippen LogP contribution >= 0.6 is 0 Å². The van der Waals surface area contributed by atoms with Crippen molar-refractivity contribution in [1.29, 1.82) is 0 Å². The van der Waals surface area contributed by atoms with Gasteiger partial charge in [0.25, 0.3) is 5.91 Å². The lowest BCUT2D eigenvalue weighted by molar-refractivity contribution is 0.0744. The maximum atomic E-state index is 13.3. The SMILES string of the molecule is CCNc1ncc(F)cc1C(=O)N1CC(C)CC1C. The molecule has 1 N–H and O–H groups in total. The van der Waals surface area contributed by atoms with Crippen LogP contribution in [-0.2, 0) is 0 Å². The molecule has 2 unspecified atom stereocenters. The Bertz CT molecular complexity index is 478. The van der Waals surface area contributed by atoms with Crippen molar-refractivity contribution < 1.29 is 9.18 Å². The first-order valence-corrected chi connectivity index (χ1v) is 6.73. The van der Waals surface area contributed by atoms with Crippen LogP contribution in [0.15, 0.2) is 12.3 Å². The maximum absolute atomic E-state index is 13.3. The second-order valence-corrected chi connectivity index (χ2v) is 5.23. The topological polar surface area (TPSA) is 45.2 Å². The summed E-state index contributed by atoms with van der Waals surface area (Å²) in [6.07, 6.45) is 2.12. The Hall–Kier alpha value is -1.65. The molecule has 0 aliphatic carbocycles. The highest BCUT2D eigenvalue weighted by Crippen LogP contribution is 2.26. The number of hydrogen-bond donors (Lipinski definition) is 1. The minimum absolute atomic E-state index is 0.139. The van der Waals surface area contributed by atoms with Crippen molar-refractivity contribution >= 4 is 11.7 Å². The summed E-state index contributed by atoms with van der Waals surface area (Å²) in [5, 5.41) is 3.01. The normalized spacial score (nSPS) is 22.6. The molecular weight excluding hydrogens is 245 g/mol. The van der Waals surface area contributed by atoms with E-state index in [9.17, 15) is 9.18 Å². The lowest BCUT2D eigenvalue weighted by Gasteiger charge is -2.22. The van der Waals surface area contributed by atoms with Gasteiger partial charge >= 0.3 is 0 Å². The quantitative estimate of drug-likeness (QED) is 0.913. The van der Waals surface area contributed by atoms with Crippen molar-refractivity contribution in [1.82, 2.24) is 9.88 Å². The zero-order valence-corrected chi connectivity index (χ0v) is 11.6. The first-order chi connectivity index (χ1) is 9.02. The highest BCUT2D eigenvalue weighted by Gasteiger charge is 2.31. The zero-order chi connectivity index (χ0) is 14.0. The molecule has 0 bridgehead atoms. The van der Waals surface area contributed by atoms with Crippen LogP contribution in [0, 0.1) is 11.7 Å². The molecule has 1 saturated heterocycles. The summed E-state index contributed by atoms with van der Waals surface area (Å²) in [4.78, 5) is 18.3. The smallest absolute Gasteiger partial charge is 0.257 e. The summed E-state index contributed by atoms with van der Waals surface area (Å²) in [5.74, 6) is 0.327. The van der Waals surface area contributed by atoms with Crippen molar-refractivity contribution in [2.24, 2.45) is 5.92 Å². The first kappa shape index (κ1) is 13.8. The number of nitrogens with zero attached hydrogens (tertiary/aromatic N) is 2. The number of nitrogens with one attached hydrogen (secondary N) is 1. The van der Waals surface area contributed by atoms with Crippen molar-refractivity contribution in [3.05, 3.63) is 23.6 Å². The fourth-order valence-corrected chi connectivity index (χ4v) is 2.65. The van der Waals surface area contributed by atoms with Gasteiger partial charge in [0, 0.05) is 19.1 Å². The molecular formula is C14H20FN3O. The molecule has 4 nitrogen and oxygen atoms in total. The van der Waals surface area contributed by atoms with E-state index >= 15 is 0 Å². The highest BCUT2D eigenvalue weighted by atomic mass is 19.1. The van der Waals surface area contributed by atoms with E-state index in [1.807, 2.05) is 18.7 Å². The third-order valence-corrected chi connectivity index (χ3v) is 3.47. The fraction of sp³-hybridized carbons (Fsp3) is 0.571.